The highest BCUT2D eigenvalue weighted by Crippen LogP contribution is 2.58. The molecule has 6 nitrogen and oxygen atoms in total. The van der Waals surface area contributed by atoms with Crippen LogP contribution in [0.4, 0.5) is 13.2 Å². The number of piperidine rings is 1. The van der Waals surface area contributed by atoms with Crippen molar-refractivity contribution in [1.82, 2.24) is 9.80 Å². The smallest absolute Gasteiger partial charge is 0.508 e. The molecule has 0 spiro atoms. The molecule has 0 radical (unpaired) electrons. The van der Waals surface area contributed by atoms with E-state index in [1.807, 2.05) is 13.1 Å². The Kier molecular flexibility index (Phi) is 6.27. The molecule has 2 bridgehead atoms. The van der Waals surface area contributed by atoms with Gasteiger partial charge >= 0.3 is 6.36 Å². The minimum absolute atomic E-state index is 0.0358. The number of hydrogen-bond donors (Lipinski definition) is 2. The molecule has 1 saturated heterocycles. The summed E-state index contributed by atoms with van der Waals surface area (Å²) in [6.45, 7) is 0.808. The van der Waals surface area contributed by atoms with Gasteiger partial charge in [0.25, 0.3) is 0 Å². The Balaban J connectivity index is 1.38. The average molecular weight is 517 g/mol. The van der Waals surface area contributed by atoms with Crippen LogP contribution in [0.3, 0.4) is 0 Å². The molecular weight excluding hydrogens is 485 g/mol. The third-order valence-corrected chi connectivity index (χ3v) is 8.67. The highest BCUT2D eigenvalue weighted by Gasteiger charge is 2.64. The summed E-state index contributed by atoms with van der Waals surface area (Å²) in [4.78, 5) is 17.0. The lowest BCUT2D eigenvalue weighted by atomic mass is 9.49. The Hall–Kier alpha value is -3.04. The molecule has 2 aromatic carbocycles. The lowest BCUT2D eigenvalue weighted by molar-refractivity contribution is -0.274. The number of fused-ring (bicyclic) bond motifs is 1. The lowest BCUT2D eigenvalue weighted by Crippen LogP contribution is -2.73. The Morgan fingerprint density at radius 1 is 1.22 bits per heavy atom. The molecule has 0 aromatic heterocycles. The zero-order valence-electron chi connectivity index (χ0n) is 20.8. The van der Waals surface area contributed by atoms with Gasteiger partial charge in [-0.3, -0.25) is 4.79 Å². The third kappa shape index (κ3) is 4.48. The van der Waals surface area contributed by atoms with Crippen LogP contribution in [0.15, 0.2) is 48.5 Å². The van der Waals surface area contributed by atoms with Gasteiger partial charge < -0.3 is 24.7 Å². The number of alkyl halides is 3. The van der Waals surface area contributed by atoms with E-state index < -0.39 is 17.4 Å². The molecule has 198 valence electrons. The molecule has 1 saturated carbocycles. The number of ether oxygens (including phenoxy) is 1. The maximum atomic E-state index is 13.1. The van der Waals surface area contributed by atoms with E-state index in [-0.39, 0.29) is 29.5 Å². The van der Waals surface area contributed by atoms with Crippen molar-refractivity contribution >= 4 is 12.0 Å². The number of amides is 1. The quantitative estimate of drug-likeness (QED) is 0.595. The Bertz CT molecular complexity index is 1230. The number of halogens is 3. The van der Waals surface area contributed by atoms with Crippen LogP contribution in [0.5, 0.6) is 11.5 Å². The van der Waals surface area contributed by atoms with Crippen LogP contribution in [-0.2, 0) is 16.6 Å². The van der Waals surface area contributed by atoms with Gasteiger partial charge in [-0.05, 0) is 92.7 Å². The van der Waals surface area contributed by atoms with Gasteiger partial charge in [-0.15, -0.1) is 13.2 Å². The highest BCUT2D eigenvalue weighted by atomic mass is 19.4. The second kappa shape index (κ2) is 9.06. The van der Waals surface area contributed by atoms with Crippen molar-refractivity contribution < 1.29 is 32.9 Å². The molecule has 1 amide bonds. The molecule has 5 rings (SSSR count). The van der Waals surface area contributed by atoms with Crippen molar-refractivity contribution in [3.05, 3.63) is 65.2 Å². The first kappa shape index (κ1) is 25.6. The molecule has 2 aliphatic carbocycles. The van der Waals surface area contributed by atoms with Gasteiger partial charge in [-0.1, -0.05) is 18.2 Å². The number of phenolic OH excluding ortho intramolecular Hbond substituents is 1. The Labute approximate surface area is 214 Å². The number of nitrogens with zero attached hydrogens (tertiary/aromatic N) is 2. The van der Waals surface area contributed by atoms with E-state index in [9.17, 15) is 28.2 Å². The molecule has 2 fully saturated rings. The number of hydrogen-bond acceptors (Lipinski definition) is 5. The number of likely N-dealkylation sites (N-methyl/N-ethyl adjacent to an activating group) is 2. The van der Waals surface area contributed by atoms with Gasteiger partial charge in [0.15, 0.2) is 0 Å². The standard InChI is InChI=1S/C28H31F3N2O4/c1-32-13-12-26-17-20(10-11-27(26,36)24(32)15-19-7-8-21(34)16-23(19)26)33(2)25(35)9-6-18-4-3-5-22(14-18)37-28(29,30)31/h3-9,14,16,20,24,34,36H,10-13,15,17H2,1-2H3/b9-6+/t20?,24-,26-,27-/m1/s1. The van der Waals surface area contributed by atoms with Crippen LogP contribution in [0.2, 0.25) is 0 Å². The van der Waals surface area contributed by atoms with Gasteiger partial charge in [0, 0.05) is 30.6 Å². The monoisotopic (exact) mass is 516 g/mol. The zero-order valence-corrected chi connectivity index (χ0v) is 20.8. The fourth-order valence-corrected chi connectivity index (χ4v) is 6.81. The maximum absolute atomic E-state index is 13.1. The normalized spacial score (nSPS) is 29.5. The van der Waals surface area contributed by atoms with Crippen molar-refractivity contribution in [3.63, 3.8) is 0 Å². The molecule has 1 unspecified atom stereocenters. The fraction of sp³-hybridized carbons (Fsp3) is 0.464. The summed E-state index contributed by atoms with van der Waals surface area (Å²) in [6.07, 6.45) is 1.18. The first-order valence-corrected chi connectivity index (χ1v) is 12.5. The maximum Gasteiger partial charge on any atom is 0.573 e. The van der Waals surface area contributed by atoms with Crippen molar-refractivity contribution in [3.8, 4) is 11.5 Å². The third-order valence-electron chi connectivity index (χ3n) is 8.67. The summed E-state index contributed by atoms with van der Waals surface area (Å²) in [6, 6.07) is 10.7. The predicted molar refractivity (Wildman–Crippen MR) is 132 cm³/mol. The molecule has 1 heterocycles. The molecule has 37 heavy (non-hydrogen) atoms. The topological polar surface area (TPSA) is 73.2 Å². The first-order chi connectivity index (χ1) is 17.4. The average Bonchev–Trinajstić information content (AvgIpc) is 2.83. The number of carbonyl (C=O) groups is 1. The summed E-state index contributed by atoms with van der Waals surface area (Å²) >= 11 is 0. The zero-order chi connectivity index (χ0) is 26.6. The van der Waals surface area contributed by atoms with Crippen LogP contribution >= 0.6 is 0 Å². The number of aliphatic hydroxyl groups is 1. The summed E-state index contributed by atoms with van der Waals surface area (Å²) in [5.41, 5.74) is 0.961. The fourth-order valence-electron chi connectivity index (χ4n) is 6.81. The van der Waals surface area contributed by atoms with Gasteiger partial charge in [0.05, 0.1) is 5.60 Å². The molecule has 1 aliphatic heterocycles. The van der Waals surface area contributed by atoms with E-state index in [4.69, 9.17) is 0 Å². The van der Waals surface area contributed by atoms with Gasteiger partial charge in [0.2, 0.25) is 5.91 Å². The van der Waals surface area contributed by atoms with Crippen LogP contribution < -0.4 is 4.74 Å². The van der Waals surface area contributed by atoms with E-state index in [0.717, 1.165) is 17.7 Å². The Morgan fingerprint density at radius 2 is 2.00 bits per heavy atom. The molecular formula is C28H31F3N2O4. The second-order valence-corrected chi connectivity index (χ2v) is 10.6. The SMILES string of the molecule is CN(C(=O)/C=C/c1cccc(OC(F)(F)F)c1)C1CC[C@@]2(O)[C@H]3Cc4ccc(O)cc4[C@@]2(CCN3C)C1. The van der Waals surface area contributed by atoms with Crippen LogP contribution in [0.1, 0.15) is 42.4 Å². The summed E-state index contributed by atoms with van der Waals surface area (Å²) in [5, 5.41) is 22.4. The molecule has 4 atom stereocenters. The summed E-state index contributed by atoms with van der Waals surface area (Å²) < 4.78 is 41.6. The van der Waals surface area contributed by atoms with Crippen molar-refractivity contribution in [1.29, 1.82) is 0 Å². The molecule has 3 aliphatic rings. The highest BCUT2D eigenvalue weighted by molar-refractivity contribution is 5.91. The van der Waals surface area contributed by atoms with Crippen LogP contribution in [0, 0.1) is 0 Å². The van der Waals surface area contributed by atoms with Crippen molar-refractivity contribution in [2.24, 2.45) is 0 Å². The summed E-state index contributed by atoms with van der Waals surface area (Å²) in [7, 11) is 3.76. The lowest BCUT2D eigenvalue weighted by Gasteiger charge is -2.64. The minimum Gasteiger partial charge on any atom is -0.508 e. The van der Waals surface area contributed by atoms with Crippen molar-refractivity contribution in [2.45, 2.75) is 61.6 Å². The minimum atomic E-state index is -4.79. The van der Waals surface area contributed by atoms with Gasteiger partial charge in [-0.2, -0.15) is 0 Å². The summed E-state index contributed by atoms with van der Waals surface area (Å²) in [5.74, 6) is -0.457. The van der Waals surface area contributed by atoms with Crippen molar-refractivity contribution in [2.75, 3.05) is 20.6 Å². The molecule has 9 heteroatoms. The number of likely N-dealkylation sites (tertiary alicyclic amines) is 1. The molecule has 2 N–H and O–H groups in total. The number of rotatable bonds is 4. The van der Waals surface area contributed by atoms with E-state index in [1.165, 1.54) is 30.4 Å². The van der Waals surface area contributed by atoms with E-state index in [2.05, 4.69) is 9.64 Å². The van der Waals surface area contributed by atoms with Crippen LogP contribution in [0.25, 0.3) is 6.08 Å². The first-order valence-electron chi connectivity index (χ1n) is 12.5. The number of aromatic hydroxyl groups is 1. The number of benzene rings is 2. The van der Waals surface area contributed by atoms with Gasteiger partial charge in [0.1, 0.15) is 11.5 Å². The van der Waals surface area contributed by atoms with E-state index in [1.54, 1.807) is 30.1 Å². The van der Waals surface area contributed by atoms with E-state index >= 15 is 0 Å². The largest absolute Gasteiger partial charge is 0.573 e. The van der Waals surface area contributed by atoms with Crippen LogP contribution in [-0.4, -0.2) is 70.6 Å². The number of phenols is 1. The van der Waals surface area contributed by atoms with E-state index in [0.29, 0.717) is 37.7 Å². The molecule has 2 aromatic rings. The van der Waals surface area contributed by atoms with Gasteiger partial charge in [-0.25, -0.2) is 0 Å². The predicted octanol–water partition coefficient (Wildman–Crippen LogP) is 4.24. The Morgan fingerprint density at radius 3 is 2.76 bits per heavy atom. The number of carbonyl (C=O) groups excluding carboxylic acids is 1. The second-order valence-electron chi connectivity index (χ2n) is 10.6.